The van der Waals surface area contributed by atoms with Crippen LogP contribution >= 0.6 is 0 Å². The molecule has 0 unspecified atom stereocenters. The van der Waals surface area contributed by atoms with Crippen LogP contribution in [0.15, 0.2) is 18.2 Å². The van der Waals surface area contributed by atoms with Gasteiger partial charge in [0, 0.05) is 19.3 Å². The monoisotopic (exact) mass is 237 g/mol. The zero-order chi connectivity index (χ0) is 12.1. The Bertz CT molecular complexity index is 388. The molecule has 17 heavy (non-hydrogen) atoms. The van der Waals surface area contributed by atoms with Gasteiger partial charge in [0.2, 0.25) is 5.88 Å². The number of aromatic nitrogens is 1. The number of carboxylic acids is 1. The molecular formula is C12H15NO4. The summed E-state index contributed by atoms with van der Waals surface area (Å²) in [7, 11) is 0. The topological polar surface area (TPSA) is 68.7 Å². The van der Waals surface area contributed by atoms with Gasteiger partial charge in [0.25, 0.3) is 0 Å². The van der Waals surface area contributed by atoms with E-state index in [1.54, 1.807) is 12.1 Å². The quantitative estimate of drug-likeness (QED) is 0.861. The van der Waals surface area contributed by atoms with Crippen molar-refractivity contribution in [2.24, 2.45) is 5.92 Å². The fourth-order valence-electron chi connectivity index (χ4n) is 1.73. The molecule has 1 aliphatic rings. The minimum atomic E-state index is -1.04. The van der Waals surface area contributed by atoms with Gasteiger partial charge in [-0.1, -0.05) is 6.07 Å². The van der Waals surface area contributed by atoms with Gasteiger partial charge in [0.1, 0.15) is 0 Å². The maximum atomic E-state index is 10.7. The van der Waals surface area contributed by atoms with E-state index in [1.165, 1.54) is 6.07 Å². The molecule has 0 spiro atoms. The van der Waals surface area contributed by atoms with E-state index in [0.717, 1.165) is 26.1 Å². The van der Waals surface area contributed by atoms with Crippen LogP contribution in [0.4, 0.5) is 0 Å². The average molecular weight is 237 g/mol. The summed E-state index contributed by atoms with van der Waals surface area (Å²) in [4.78, 5) is 14.6. The lowest BCUT2D eigenvalue weighted by Crippen LogP contribution is -2.21. The number of carbonyl (C=O) groups is 1. The fraction of sp³-hybridized carbons (Fsp3) is 0.500. The number of rotatable bonds is 4. The van der Waals surface area contributed by atoms with Gasteiger partial charge in [-0.2, -0.15) is 0 Å². The summed E-state index contributed by atoms with van der Waals surface area (Å²) in [6.45, 7) is 2.12. The summed E-state index contributed by atoms with van der Waals surface area (Å²) in [5.74, 6) is -0.197. The highest BCUT2D eigenvalue weighted by molar-refractivity contribution is 5.85. The first kappa shape index (κ1) is 11.9. The van der Waals surface area contributed by atoms with E-state index < -0.39 is 5.97 Å². The first-order valence-corrected chi connectivity index (χ1v) is 5.66. The number of carboxylic acid groups (broad SMARTS) is 1. The van der Waals surface area contributed by atoms with Crippen LogP contribution in [0.5, 0.6) is 5.88 Å². The van der Waals surface area contributed by atoms with Crippen molar-refractivity contribution in [3.63, 3.8) is 0 Å². The predicted molar refractivity (Wildman–Crippen MR) is 60.2 cm³/mol. The molecular weight excluding hydrogens is 222 g/mol. The third-order valence-corrected chi connectivity index (χ3v) is 2.75. The van der Waals surface area contributed by atoms with Gasteiger partial charge in [0.15, 0.2) is 5.69 Å². The van der Waals surface area contributed by atoms with E-state index in [1.807, 2.05) is 0 Å². The molecule has 2 rings (SSSR count). The highest BCUT2D eigenvalue weighted by atomic mass is 16.5. The average Bonchev–Trinajstić information content (AvgIpc) is 2.38. The van der Waals surface area contributed by atoms with Gasteiger partial charge >= 0.3 is 5.97 Å². The van der Waals surface area contributed by atoms with Gasteiger partial charge in [-0.15, -0.1) is 0 Å². The lowest BCUT2D eigenvalue weighted by Gasteiger charge is -2.21. The Kier molecular flexibility index (Phi) is 3.93. The van der Waals surface area contributed by atoms with Crippen molar-refractivity contribution in [1.29, 1.82) is 0 Å². The molecule has 1 saturated heterocycles. The number of hydrogen-bond acceptors (Lipinski definition) is 4. The van der Waals surface area contributed by atoms with Gasteiger partial charge in [-0.25, -0.2) is 9.78 Å². The molecule has 1 aromatic heterocycles. The first-order chi connectivity index (χ1) is 8.25. The van der Waals surface area contributed by atoms with E-state index in [4.69, 9.17) is 14.6 Å². The summed E-state index contributed by atoms with van der Waals surface area (Å²) < 4.78 is 10.8. The van der Waals surface area contributed by atoms with Crippen LogP contribution in [-0.4, -0.2) is 35.9 Å². The van der Waals surface area contributed by atoms with Crippen LogP contribution in [0.25, 0.3) is 0 Å². The van der Waals surface area contributed by atoms with E-state index >= 15 is 0 Å². The predicted octanol–water partition coefficient (Wildman–Crippen LogP) is 1.59. The smallest absolute Gasteiger partial charge is 0.354 e. The number of ether oxygens (including phenoxy) is 2. The Balaban J connectivity index is 1.89. The Morgan fingerprint density at radius 1 is 1.47 bits per heavy atom. The number of pyridine rings is 1. The summed E-state index contributed by atoms with van der Waals surface area (Å²) >= 11 is 0. The van der Waals surface area contributed by atoms with Gasteiger partial charge in [-0.05, 0) is 24.8 Å². The fourth-order valence-corrected chi connectivity index (χ4v) is 1.73. The van der Waals surface area contributed by atoms with Crippen molar-refractivity contribution in [2.75, 3.05) is 19.8 Å². The summed E-state index contributed by atoms with van der Waals surface area (Å²) in [6, 6.07) is 4.76. The first-order valence-electron chi connectivity index (χ1n) is 5.66. The van der Waals surface area contributed by atoms with Crippen LogP contribution in [-0.2, 0) is 4.74 Å². The molecule has 0 aromatic carbocycles. The maximum absolute atomic E-state index is 10.7. The Labute approximate surface area is 99.4 Å². The normalized spacial score (nSPS) is 16.7. The Hall–Kier alpha value is -1.62. The minimum Gasteiger partial charge on any atom is -0.477 e. The molecule has 0 atom stereocenters. The Morgan fingerprint density at radius 2 is 2.24 bits per heavy atom. The van der Waals surface area contributed by atoms with Gasteiger partial charge in [-0.3, -0.25) is 0 Å². The van der Waals surface area contributed by atoms with Crippen molar-refractivity contribution >= 4 is 5.97 Å². The summed E-state index contributed by atoms with van der Waals surface area (Å²) in [5, 5.41) is 8.79. The zero-order valence-corrected chi connectivity index (χ0v) is 9.46. The van der Waals surface area contributed by atoms with Crippen molar-refractivity contribution in [3.8, 4) is 5.88 Å². The molecule has 5 nitrogen and oxygen atoms in total. The zero-order valence-electron chi connectivity index (χ0n) is 9.46. The molecule has 5 heteroatoms. The molecule has 1 aliphatic heterocycles. The van der Waals surface area contributed by atoms with Gasteiger partial charge in [0.05, 0.1) is 6.61 Å². The number of aromatic carboxylic acids is 1. The summed E-state index contributed by atoms with van der Waals surface area (Å²) in [5.41, 5.74) is 0.00878. The minimum absolute atomic E-state index is 0.00878. The molecule has 1 N–H and O–H groups in total. The SMILES string of the molecule is O=C(O)c1cccc(OCC2CCOCC2)n1. The van der Waals surface area contributed by atoms with Crippen molar-refractivity contribution in [3.05, 3.63) is 23.9 Å². The van der Waals surface area contributed by atoms with Crippen molar-refractivity contribution < 1.29 is 19.4 Å². The van der Waals surface area contributed by atoms with Gasteiger partial charge < -0.3 is 14.6 Å². The second-order valence-electron chi connectivity index (χ2n) is 4.03. The summed E-state index contributed by atoms with van der Waals surface area (Å²) in [6.07, 6.45) is 1.97. The molecule has 0 aliphatic carbocycles. The number of hydrogen-bond donors (Lipinski definition) is 1. The van der Waals surface area contributed by atoms with E-state index in [0.29, 0.717) is 18.4 Å². The van der Waals surface area contributed by atoms with E-state index in [-0.39, 0.29) is 5.69 Å². The molecule has 1 aromatic rings. The molecule has 0 bridgehead atoms. The van der Waals surface area contributed by atoms with Crippen molar-refractivity contribution in [1.82, 2.24) is 4.98 Å². The van der Waals surface area contributed by atoms with Crippen LogP contribution in [0.2, 0.25) is 0 Å². The molecule has 0 radical (unpaired) electrons. The van der Waals surface area contributed by atoms with Crippen LogP contribution < -0.4 is 4.74 Å². The number of nitrogens with zero attached hydrogens (tertiary/aromatic N) is 1. The largest absolute Gasteiger partial charge is 0.477 e. The second kappa shape index (κ2) is 5.63. The van der Waals surface area contributed by atoms with E-state index in [9.17, 15) is 4.79 Å². The van der Waals surface area contributed by atoms with Crippen LogP contribution in [0, 0.1) is 5.92 Å². The standard InChI is InChI=1S/C12H15NO4/c14-12(15)10-2-1-3-11(13-10)17-8-9-4-6-16-7-5-9/h1-3,9H,4-8H2,(H,14,15). The highest BCUT2D eigenvalue weighted by Crippen LogP contribution is 2.16. The van der Waals surface area contributed by atoms with Crippen LogP contribution in [0.1, 0.15) is 23.3 Å². The lowest BCUT2D eigenvalue weighted by molar-refractivity contribution is 0.0489. The highest BCUT2D eigenvalue weighted by Gasteiger charge is 2.15. The molecule has 0 amide bonds. The maximum Gasteiger partial charge on any atom is 0.354 e. The Morgan fingerprint density at radius 3 is 2.94 bits per heavy atom. The third-order valence-electron chi connectivity index (χ3n) is 2.75. The van der Waals surface area contributed by atoms with Crippen LogP contribution in [0.3, 0.4) is 0 Å². The molecule has 92 valence electrons. The van der Waals surface area contributed by atoms with E-state index in [2.05, 4.69) is 4.98 Å². The molecule has 1 fully saturated rings. The molecule has 2 heterocycles. The molecule has 0 saturated carbocycles. The third kappa shape index (κ3) is 3.42. The second-order valence-corrected chi connectivity index (χ2v) is 4.03. The van der Waals surface area contributed by atoms with Crippen molar-refractivity contribution in [2.45, 2.75) is 12.8 Å². The lowest BCUT2D eigenvalue weighted by atomic mass is 10.0.